The van der Waals surface area contributed by atoms with E-state index in [1.54, 1.807) is 27.7 Å². The number of phenolic OH excluding ortho intramolecular Hbond substituents is 1. The molecule has 0 aliphatic carbocycles. The van der Waals surface area contributed by atoms with Gasteiger partial charge in [-0.1, -0.05) is 67.8 Å². The van der Waals surface area contributed by atoms with Gasteiger partial charge in [0, 0.05) is 30.9 Å². The van der Waals surface area contributed by atoms with Gasteiger partial charge >= 0.3 is 5.97 Å². The summed E-state index contributed by atoms with van der Waals surface area (Å²) in [6.45, 7) is 6.44. The number of amides is 10. The largest absolute Gasteiger partial charge is 0.508 e. The number of primary amides is 3. The molecule has 0 aromatic heterocycles. The first-order valence-corrected chi connectivity index (χ1v) is 24.9. The minimum atomic E-state index is -1.76. The molecule has 8 unspecified atom stereocenters. The van der Waals surface area contributed by atoms with Gasteiger partial charge in [0.15, 0.2) is 6.10 Å². The highest BCUT2D eigenvalue weighted by atomic mass is 33.1. The molecule has 1 aromatic carbocycles. The van der Waals surface area contributed by atoms with E-state index in [1.165, 1.54) is 24.3 Å². The van der Waals surface area contributed by atoms with Crippen molar-refractivity contribution in [2.75, 3.05) is 24.6 Å². The summed E-state index contributed by atoms with van der Waals surface area (Å²) in [5.74, 6) is -11.0. The number of carbonyl (C=O) groups is 11. The zero-order chi connectivity index (χ0) is 51.5. The van der Waals surface area contributed by atoms with E-state index in [-0.39, 0.29) is 49.0 Å². The van der Waals surface area contributed by atoms with Crippen LogP contribution >= 0.6 is 21.6 Å². The van der Waals surface area contributed by atoms with Crippen LogP contribution in [0.3, 0.4) is 0 Å². The number of hydrogen-bond donors (Lipinski definition) is 11. The van der Waals surface area contributed by atoms with E-state index >= 15 is 0 Å². The van der Waals surface area contributed by atoms with Crippen LogP contribution in [0.5, 0.6) is 5.75 Å². The second-order valence-corrected chi connectivity index (χ2v) is 19.8. The predicted molar refractivity (Wildman–Crippen MR) is 252 cm³/mol. The van der Waals surface area contributed by atoms with Gasteiger partial charge in [0.25, 0.3) is 5.91 Å². The average molecular weight is 1010 g/mol. The van der Waals surface area contributed by atoms with E-state index < -0.39 is 145 Å². The Morgan fingerprint density at radius 1 is 0.797 bits per heavy atom. The third-order valence-corrected chi connectivity index (χ3v) is 13.6. The Kier molecular flexibility index (Phi) is 23.0. The molecule has 0 radical (unpaired) electrons. The van der Waals surface area contributed by atoms with Crippen LogP contribution in [-0.4, -0.2) is 148 Å². The first-order valence-electron chi connectivity index (χ1n) is 22.4. The van der Waals surface area contributed by atoms with Gasteiger partial charge in [-0.15, -0.1) is 0 Å². The Morgan fingerprint density at radius 3 is 2.01 bits per heavy atom. The fourth-order valence-electron chi connectivity index (χ4n) is 7.19. The molecule has 10 amide bonds. The minimum Gasteiger partial charge on any atom is -0.508 e. The number of esters is 1. The number of nitrogens with two attached hydrogens (primary N) is 4. The van der Waals surface area contributed by atoms with Crippen molar-refractivity contribution < 1.29 is 62.6 Å². The van der Waals surface area contributed by atoms with Crippen molar-refractivity contribution in [3.63, 3.8) is 0 Å². The topological polar surface area (TPSA) is 397 Å². The summed E-state index contributed by atoms with van der Waals surface area (Å²) in [5.41, 5.74) is 22.9. The molecular formula is C43H65N11O13S2. The van der Waals surface area contributed by atoms with Crippen LogP contribution in [0.4, 0.5) is 0 Å². The molecule has 0 spiro atoms. The van der Waals surface area contributed by atoms with Crippen LogP contribution in [0.15, 0.2) is 24.3 Å². The molecule has 2 fully saturated rings. The maximum atomic E-state index is 14.5. The summed E-state index contributed by atoms with van der Waals surface area (Å²) in [7, 11) is 2.02. The third-order valence-electron chi connectivity index (χ3n) is 11.2. The fraction of sp³-hybridized carbons (Fsp3) is 0.605. The van der Waals surface area contributed by atoms with Crippen molar-refractivity contribution in [1.29, 1.82) is 0 Å². The molecule has 2 aliphatic heterocycles. The average Bonchev–Trinajstić information content (AvgIpc) is 3.78. The lowest BCUT2D eigenvalue weighted by Gasteiger charge is -2.31. The number of benzene rings is 1. The highest BCUT2D eigenvalue weighted by molar-refractivity contribution is 8.76. The smallest absolute Gasteiger partial charge is 0.329 e. The van der Waals surface area contributed by atoms with Gasteiger partial charge < -0.3 is 69.6 Å². The Morgan fingerprint density at radius 2 is 1.41 bits per heavy atom. The molecule has 69 heavy (non-hydrogen) atoms. The number of rotatable bonds is 17. The lowest BCUT2D eigenvalue weighted by atomic mass is 9.96. The summed E-state index contributed by atoms with van der Waals surface area (Å²) in [4.78, 5) is 148. The van der Waals surface area contributed by atoms with Gasteiger partial charge in [-0.25, -0.2) is 4.79 Å². The molecule has 3 rings (SSSR count). The van der Waals surface area contributed by atoms with Gasteiger partial charge in [-0.3, -0.25) is 47.9 Å². The Bertz CT molecular complexity index is 2050. The molecular weight excluding hydrogens is 943 g/mol. The molecule has 1 aromatic rings. The van der Waals surface area contributed by atoms with E-state index in [4.69, 9.17) is 27.7 Å². The van der Waals surface area contributed by atoms with E-state index in [0.29, 0.717) is 18.4 Å². The highest BCUT2D eigenvalue weighted by Crippen LogP contribution is 2.27. The number of likely N-dealkylation sites (tertiary alicyclic amines) is 1. The summed E-state index contributed by atoms with van der Waals surface area (Å²) < 4.78 is 5.61. The van der Waals surface area contributed by atoms with E-state index in [1.807, 2.05) is 0 Å². The number of hydrogen-bond acceptors (Lipinski definition) is 16. The maximum absolute atomic E-state index is 14.5. The zero-order valence-electron chi connectivity index (χ0n) is 39.0. The van der Waals surface area contributed by atoms with Crippen molar-refractivity contribution >= 4 is 86.6 Å². The van der Waals surface area contributed by atoms with Gasteiger partial charge in [-0.05, 0) is 55.2 Å². The standard InChI is InChI=1S/C43H65N11O13S2/c1-5-22(4)35-41(64)49-26(12-13-32(45)56)37(60)51-28(17-33(46)57)38(61)52-29(20-69-68-19-25(44)36(59)50-27(39(62)53-35)16-23-8-10-24(55)11-9-23)42(65)54-14-6-7-30(54)43(66)67-31(15-21(2)3)40(63)48-18-34(47)58/h8-11,21-22,25-31,35,55H,5-7,12-20,44H2,1-4H3,(H2,45,56)(H2,46,57)(H2,47,58)(H,48,63)(H,49,64)(H,50,59)(H,51,60)(H,52,61)(H,53,62)/t22?,25?,26?,27?,28?,29?,30-,31?,35?/m0/s1. The summed E-state index contributed by atoms with van der Waals surface area (Å²) in [6.07, 6.45) is -2.28. The molecule has 15 N–H and O–H groups in total. The van der Waals surface area contributed by atoms with E-state index in [2.05, 4.69) is 31.9 Å². The normalized spacial score (nSPS) is 24.3. The van der Waals surface area contributed by atoms with Crippen molar-refractivity contribution in [3.8, 4) is 5.75 Å². The predicted octanol–water partition coefficient (Wildman–Crippen LogP) is -3.18. The number of carbonyl (C=O) groups excluding carboxylic acids is 11. The molecule has 382 valence electrons. The third kappa shape index (κ3) is 18.7. The first kappa shape index (κ1) is 57.2. The molecule has 0 bridgehead atoms. The molecule has 2 aliphatic rings. The SMILES string of the molecule is CCC(C)C1NC(=O)C(Cc2ccc(O)cc2)NC(=O)C(N)CSSCC(C(=O)N2CCC[C@H]2C(=O)OC(CC(C)C)C(=O)NCC(N)=O)NC(=O)C(CC(N)=O)NC(=O)C(CCC(N)=O)NC1=O. The van der Waals surface area contributed by atoms with Gasteiger partial charge in [0.05, 0.1) is 19.0 Å². The molecule has 2 saturated heterocycles. The van der Waals surface area contributed by atoms with Crippen LogP contribution in [0, 0.1) is 11.8 Å². The zero-order valence-corrected chi connectivity index (χ0v) is 40.6. The molecule has 9 atom stereocenters. The van der Waals surface area contributed by atoms with E-state index in [0.717, 1.165) is 26.5 Å². The Labute approximate surface area is 407 Å². The molecule has 24 nitrogen and oxygen atoms in total. The lowest BCUT2D eigenvalue weighted by Crippen LogP contribution is -2.61. The Balaban J connectivity index is 2.05. The summed E-state index contributed by atoms with van der Waals surface area (Å²) >= 11 is 0. The Hall–Kier alpha value is -6.15. The highest BCUT2D eigenvalue weighted by Gasteiger charge is 2.42. The summed E-state index contributed by atoms with van der Waals surface area (Å²) in [6, 6.07) is -4.14. The van der Waals surface area contributed by atoms with Gasteiger partial charge in [0.2, 0.25) is 53.2 Å². The van der Waals surface area contributed by atoms with Crippen LogP contribution in [-0.2, 0) is 63.9 Å². The van der Waals surface area contributed by atoms with Crippen LogP contribution in [0.25, 0.3) is 0 Å². The van der Waals surface area contributed by atoms with Crippen LogP contribution < -0.4 is 54.8 Å². The number of aromatic hydroxyl groups is 1. The minimum absolute atomic E-state index is 0.00969. The molecule has 0 saturated carbocycles. The quantitative estimate of drug-likeness (QED) is 0.0541. The summed E-state index contributed by atoms with van der Waals surface area (Å²) in [5, 5.41) is 24.9. The number of ether oxygens (including phenoxy) is 1. The second-order valence-electron chi connectivity index (χ2n) is 17.3. The van der Waals surface area contributed by atoms with Crippen LogP contribution in [0.1, 0.15) is 78.2 Å². The monoisotopic (exact) mass is 1010 g/mol. The maximum Gasteiger partial charge on any atom is 0.329 e. The first-order chi connectivity index (χ1) is 32.5. The fourth-order valence-corrected chi connectivity index (χ4v) is 9.47. The van der Waals surface area contributed by atoms with E-state index in [9.17, 15) is 57.8 Å². The van der Waals surface area contributed by atoms with Crippen molar-refractivity contribution in [3.05, 3.63) is 29.8 Å². The van der Waals surface area contributed by atoms with Gasteiger partial charge in [-0.2, -0.15) is 0 Å². The lowest BCUT2D eigenvalue weighted by molar-refractivity contribution is -0.163. The van der Waals surface area contributed by atoms with Crippen LogP contribution in [0.2, 0.25) is 0 Å². The molecule has 2 heterocycles. The number of nitrogens with zero attached hydrogens (tertiary/aromatic N) is 1. The van der Waals surface area contributed by atoms with Crippen molar-refractivity contribution in [1.82, 2.24) is 36.8 Å². The second kappa shape index (κ2) is 27.7. The van der Waals surface area contributed by atoms with Gasteiger partial charge in [0.1, 0.15) is 42.0 Å². The molecule has 26 heteroatoms. The number of phenols is 1. The number of nitrogens with one attached hydrogen (secondary N) is 6. The van der Waals surface area contributed by atoms with Crippen molar-refractivity contribution in [2.45, 2.75) is 127 Å². The van der Waals surface area contributed by atoms with Crippen molar-refractivity contribution in [2.24, 2.45) is 34.8 Å².